The lowest BCUT2D eigenvalue weighted by atomic mass is 10.2. The van der Waals surface area contributed by atoms with E-state index in [2.05, 4.69) is 15.9 Å². The van der Waals surface area contributed by atoms with Gasteiger partial charge in [-0.05, 0) is 18.9 Å². The molecule has 0 bridgehead atoms. The van der Waals surface area contributed by atoms with Crippen molar-refractivity contribution < 1.29 is 0 Å². The van der Waals surface area contributed by atoms with Gasteiger partial charge in [-0.1, -0.05) is 33.6 Å². The van der Waals surface area contributed by atoms with Gasteiger partial charge in [0.25, 0.3) is 0 Å². The third-order valence-electron chi connectivity index (χ3n) is 0.884. The van der Waals surface area contributed by atoms with Gasteiger partial charge in [0, 0.05) is 9.51 Å². The first-order chi connectivity index (χ1) is 3.79. The van der Waals surface area contributed by atoms with Crippen molar-refractivity contribution in [3.8, 4) is 0 Å². The third-order valence-corrected chi connectivity index (χ3v) is 1.64. The number of hydrogen-bond acceptors (Lipinski definition) is 0. The maximum atomic E-state index is 5.67. The second kappa shape index (κ2) is 2.70. The van der Waals surface area contributed by atoms with Crippen LogP contribution in [0.1, 0.15) is 6.42 Å². The topological polar surface area (TPSA) is 0 Å². The highest BCUT2D eigenvalue weighted by molar-refractivity contribution is 9.11. The SMILES string of the molecule is ClC1=CC(Br)=C[CH]C1. The molecule has 0 N–H and O–H groups in total. The fourth-order valence-electron chi connectivity index (χ4n) is 0.541. The van der Waals surface area contributed by atoms with Crippen LogP contribution in [0, 0.1) is 6.42 Å². The predicted octanol–water partition coefficient (Wildman–Crippen LogP) is 3.00. The summed E-state index contributed by atoms with van der Waals surface area (Å²) in [5.74, 6) is 0. The van der Waals surface area contributed by atoms with Gasteiger partial charge in [-0.3, -0.25) is 0 Å². The Labute approximate surface area is 62.3 Å². The summed E-state index contributed by atoms with van der Waals surface area (Å²) in [7, 11) is 0. The van der Waals surface area contributed by atoms with E-state index in [1.165, 1.54) is 0 Å². The molecule has 0 aliphatic heterocycles. The highest BCUT2D eigenvalue weighted by Gasteiger charge is 1.98. The van der Waals surface area contributed by atoms with Gasteiger partial charge in [0.05, 0.1) is 0 Å². The van der Waals surface area contributed by atoms with E-state index in [9.17, 15) is 0 Å². The van der Waals surface area contributed by atoms with Crippen molar-refractivity contribution >= 4 is 27.5 Å². The minimum absolute atomic E-state index is 0.872. The Bertz CT molecular complexity index is 147. The molecule has 0 saturated carbocycles. The summed E-state index contributed by atoms with van der Waals surface area (Å²) in [5.41, 5.74) is 0. The van der Waals surface area contributed by atoms with E-state index in [4.69, 9.17) is 11.6 Å². The van der Waals surface area contributed by atoms with Crippen LogP contribution in [0.5, 0.6) is 0 Å². The van der Waals surface area contributed by atoms with Gasteiger partial charge in [-0.2, -0.15) is 0 Å². The van der Waals surface area contributed by atoms with Crippen molar-refractivity contribution in [2.45, 2.75) is 6.42 Å². The Kier molecular flexibility index (Phi) is 2.15. The molecule has 1 aliphatic rings. The van der Waals surface area contributed by atoms with Crippen molar-refractivity contribution in [2.24, 2.45) is 0 Å². The van der Waals surface area contributed by atoms with Crippen LogP contribution < -0.4 is 0 Å². The van der Waals surface area contributed by atoms with E-state index in [0.29, 0.717) is 0 Å². The standard InChI is InChI=1S/C6H5BrCl/c7-5-2-1-3-6(8)4-5/h1-2,4H,3H2. The molecule has 0 heterocycles. The quantitative estimate of drug-likeness (QED) is 0.553. The molecule has 1 radical (unpaired) electrons. The van der Waals surface area contributed by atoms with Crippen LogP contribution in [0.4, 0.5) is 0 Å². The summed E-state index contributed by atoms with van der Waals surface area (Å²) >= 11 is 8.97. The van der Waals surface area contributed by atoms with Gasteiger partial charge in [0.15, 0.2) is 0 Å². The Morgan fingerprint density at radius 1 is 1.62 bits per heavy atom. The molecule has 0 atom stereocenters. The maximum Gasteiger partial charge on any atom is 0.0198 e. The molecule has 0 amide bonds. The molecule has 0 nitrogen and oxygen atoms in total. The molecule has 0 aromatic carbocycles. The van der Waals surface area contributed by atoms with Crippen LogP contribution in [-0.2, 0) is 0 Å². The van der Waals surface area contributed by atoms with Crippen LogP contribution in [-0.4, -0.2) is 0 Å². The first-order valence-corrected chi connectivity index (χ1v) is 3.51. The monoisotopic (exact) mass is 191 g/mol. The first kappa shape index (κ1) is 6.37. The fraction of sp³-hybridized carbons (Fsp3) is 0.167. The van der Waals surface area contributed by atoms with Crippen LogP contribution in [0.25, 0.3) is 0 Å². The van der Waals surface area contributed by atoms with E-state index >= 15 is 0 Å². The van der Waals surface area contributed by atoms with Crippen molar-refractivity contribution in [1.29, 1.82) is 0 Å². The van der Waals surface area contributed by atoms with E-state index < -0.39 is 0 Å². The van der Waals surface area contributed by atoms with Crippen LogP contribution in [0.3, 0.4) is 0 Å². The van der Waals surface area contributed by atoms with Gasteiger partial charge in [-0.25, -0.2) is 0 Å². The molecular formula is C6H5BrCl. The predicted molar refractivity (Wildman–Crippen MR) is 39.9 cm³/mol. The zero-order chi connectivity index (χ0) is 5.98. The summed E-state index contributed by atoms with van der Waals surface area (Å²) in [5, 5.41) is 0.888. The molecule has 0 fully saturated rings. The number of rotatable bonds is 0. The van der Waals surface area contributed by atoms with E-state index in [1.54, 1.807) is 0 Å². The highest BCUT2D eigenvalue weighted by atomic mass is 79.9. The minimum atomic E-state index is 0.872. The maximum absolute atomic E-state index is 5.67. The summed E-state index contributed by atoms with van der Waals surface area (Å²) in [4.78, 5) is 0. The van der Waals surface area contributed by atoms with Gasteiger partial charge >= 0.3 is 0 Å². The second-order valence-corrected chi connectivity index (χ2v) is 2.98. The normalized spacial score (nSPS) is 19.8. The summed E-state index contributed by atoms with van der Waals surface area (Å²) in [6, 6.07) is 0. The second-order valence-electron chi connectivity index (χ2n) is 1.58. The average Bonchev–Trinajstić information content (AvgIpc) is 1.64. The lowest BCUT2D eigenvalue weighted by Crippen LogP contribution is -1.81. The van der Waals surface area contributed by atoms with Crippen LogP contribution in [0.15, 0.2) is 21.7 Å². The molecule has 0 saturated heterocycles. The largest absolute Gasteiger partial charge is 0.0891 e. The Balaban J connectivity index is 2.69. The molecule has 0 aromatic rings. The molecule has 8 heavy (non-hydrogen) atoms. The van der Waals surface area contributed by atoms with Gasteiger partial charge in [0.2, 0.25) is 0 Å². The Morgan fingerprint density at radius 3 is 2.75 bits per heavy atom. The smallest absolute Gasteiger partial charge is 0.0198 e. The third kappa shape index (κ3) is 1.64. The van der Waals surface area contributed by atoms with E-state index in [0.717, 1.165) is 15.9 Å². The number of halogens is 2. The average molecular weight is 192 g/mol. The minimum Gasteiger partial charge on any atom is -0.0891 e. The molecule has 0 unspecified atom stereocenters. The molecule has 43 valence electrons. The summed E-state index contributed by atoms with van der Waals surface area (Å²) in [6.07, 6.45) is 6.79. The molecule has 1 rings (SSSR count). The lowest BCUT2D eigenvalue weighted by Gasteiger charge is -2.00. The van der Waals surface area contributed by atoms with Crippen LogP contribution in [0.2, 0.25) is 0 Å². The molecule has 2 heteroatoms. The Hall–Kier alpha value is 0.250. The van der Waals surface area contributed by atoms with Crippen molar-refractivity contribution in [1.82, 2.24) is 0 Å². The first-order valence-electron chi connectivity index (χ1n) is 2.34. The van der Waals surface area contributed by atoms with Crippen molar-refractivity contribution in [2.75, 3.05) is 0 Å². The highest BCUT2D eigenvalue weighted by Crippen LogP contribution is 2.22. The van der Waals surface area contributed by atoms with E-state index in [-0.39, 0.29) is 0 Å². The molecule has 0 spiro atoms. The van der Waals surface area contributed by atoms with Gasteiger partial charge in [-0.15, -0.1) is 0 Å². The fourth-order valence-corrected chi connectivity index (χ4v) is 1.34. The van der Waals surface area contributed by atoms with Crippen LogP contribution >= 0.6 is 27.5 Å². The van der Waals surface area contributed by atoms with E-state index in [1.807, 2.05) is 18.6 Å². The van der Waals surface area contributed by atoms with Crippen molar-refractivity contribution in [3.63, 3.8) is 0 Å². The molecular weight excluding hydrogens is 187 g/mol. The zero-order valence-electron chi connectivity index (χ0n) is 4.20. The van der Waals surface area contributed by atoms with Crippen molar-refractivity contribution in [3.05, 3.63) is 28.1 Å². The number of hydrogen-bond donors (Lipinski definition) is 0. The van der Waals surface area contributed by atoms with Gasteiger partial charge in [0.1, 0.15) is 0 Å². The van der Waals surface area contributed by atoms with Gasteiger partial charge < -0.3 is 0 Å². The number of allylic oxidation sites excluding steroid dienone is 4. The summed E-state index contributed by atoms with van der Waals surface area (Å²) in [6.45, 7) is 0. The molecule has 0 aromatic heterocycles. The lowest BCUT2D eigenvalue weighted by molar-refractivity contribution is 1.23. The Morgan fingerprint density at radius 2 is 2.38 bits per heavy atom. The molecule has 1 aliphatic carbocycles. The summed E-state index contributed by atoms with van der Waals surface area (Å²) < 4.78 is 1.05. The zero-order valence-corrected chi connectivity index (χ0v) is 6.54.